The van der Waals surface area contributed by atoms with Crippen LogP contribution in [0, 0.1) is 13.8 Å². The first kappa shape index (κ1) is 19.0. The highest BCUT2D eigenvalue weighted by molar-refractivity contribution is 6.31. The van der Waals surface area contributed by atoms with E-state index in [0.717, 1.165) is 16.7 Å². The molecule has 0 fully saturated rings. The van der Waals surface area contributed by atoms with E-state index in [1.54, 1.807) is 11.0 Å². The van der Waals surface area contributed by atoms with Crippen LogP contribution in [0.4, 0.5) is 5.69 Å². The lowest BCUT2D eigenvalue weighted by molar-refractivity contribution is -0.121. The fourth-order valence-corrected chi connectivity index (χ4v) is 2.70. The van der Waals surface area contributed by atoms with Crippen LogP contribution in [0.3, 0.4) is 0 Å². The molecule has 0 aromatic heterocycles. The molecule has 5 heteroatoms. The molecular formula is C20H23ClN2O2. The standard InChI is InChI=1S/C20H23ClN2O2/c1-14-6-4-5-7-17(14)13-22-20(25)10-11-23(16(3)24)18-9-8-15(2)19(21)12-18/h4-9,12H,10-11,13H2,1-3H3,(H,22,25). The smallest absolute Gasteiger partial charge is 0.223 e. The van der Waals surface area contributed by atoms with Gasteiger partial charge in [0.1, 0.15) is 0 Å². The van der Waals surface area contributed by atoms with E-state index < -0.39 is 0 Å². The fourth-order valence-electron chi connectivity index (χ4n) is 2.52. The van der Waals surface area contributed by atoms with Crippen LogP contribution in [0.15, 0.2) is 42.5 Å². The minimum absolute atomic E-state index is 0.0901. The summed E-state index contributed by atoms with van der Waals surface area (Å²) >= 11 is 6.14. The largest absolute Gasteiger partial charge is 0.352 e. The van der Waals surface area contributed by atoms with Crippen molar-refractivity contribution in [1.82, 2.24) is 5.32 Å². The van der Waals surface area contributed by atoms with Crippen molar-refractivity contribution in [2.75, 3.05) is 11.4 Å². The number of aryl methyl sites for hydroxylation is 2. The number of rotatable bonds is 6. The van der Waals surface area contributed by atoms with Crippen LogP contribution in [0.2, 0.25) is 5.02 Å². The molecule has 25 heavy (non-hydrogen) atoms. The zero-order valence-electron chi connectivity index (χ0n) is 14.8. The van der Waals surface area contributed by atoms with Crippen LogP contribution in [0.25, 0.3) is 0 Å². The molecule has 2 aromatic carbocycles. The average molecular weight is 359 g/mol. The number of nitrogens with one attached hydrogen (secondary N) is 1. The van der Waals surface area contributed by atoms with Crippen molar-refractivity contribution in [3.63, 3.8) is 0 Å². The van der Waals surface area contributed by atoms with E-state index in [0.29, 0.717) is 23.8 Å². The van der Waals surface area contributed by atoms with Gasteiger partial charge in [-0.15, -0.1) is 0 Å². The molecule has 2 rings (SSSR count). The first-order valence-corrected chi connectivity index (χ1v) is 8.61. The van der Waals surface area contributed by atoms with Gasteiger partial charge in [-0.05, 0) is 42.7 Å². The monoisotopic (exact) mass is 358 g/mol. The molecule has 2 amide bonds. The lowest BCUT2D eigenvalue weighted by Gasteiger charge is -2.21. The lowest BCUT2D eigenvalue weighted by atomic mass is 10.1. The Kier molecular flexibility index (Phi) is 6.59. The maximum absolute atomic E-state index is 12.1. The maximum atomic E-state index is 12.1. The molecular weight excluding hydrogens is 336 g/mol. The van der Waals surface area contributed by atoms with Crippen molar-refractivity contribution < 1.29 is 9.59 Å². The van der Waals surface area contributed by atoms with Crippen molar-refractivity contribution in [2.24, 2.45) is 0 Å². The Morgan fingerprint density at radius 2 is 1.80 bits per heavy atom. The Morgan fingerprint density at radius 3 is 2.44 bits per heavy atom. The number of benzene rings is 2. The van der Waals surface area contributed by atoms with Crippen molar-refractivity contribution in [1.29, 1.82) is 0 Å². The Bertz CT molecular complexity index is 774. The van der Waals surface area contributed by atoms with Crippen LogP contribution in [0.5, 0.6) is 0 Å². The zero-order valence-corrected chi connectivity index (χ0v) is 15.6. The Morgan fingerprint density at radius 1 is 1.08 bits per heavy atom. The minimum atomic E-state index is -0.119. The molecule has 0 spiro atoms. The maximum Gasteiger partial charge on any atom is 0.223 e. The van der Waals surface area contributed by atoms with E-state index in [2.05, 4.69) is 5.32 Å². The molecule has 0 aliphatic carbocycles. The predicted molar refractivity (Wildman–Crippen MR) is 102 cm³/mol. The molecule has 132 valence electrons. The molecule has 0 heterocycles. The van der Waals surface area contributed by atoms with Crippen molar-refractivity contribution in [3.05, 3.63) is 64.2 Å². The Balaban J connectivity index is 1.94. The molecule has 0 saturated heterocycles. The third-order valence-electron chi connectivity index (χ3n) is 4.15. The summed E-state index contributed by atoms with van der Waals surface area (Å²) in [6.45, 7) is 6.21. The molecule has 0 atom stereocenters. The SMILES string of the molecule is CC(=O)N(CCC(=O)NCc1ccccc1C)c1ccc(C)c(Cl)c1. The molecule has 1 N–H and O–H groups in total. The van der Waals surface area contributed by atoms with Gasteiger partial charge in [0, 0.05) is 37.1 Å². The van der Waals surface area contributed by atoms with Crippen LogP contribution in [0.1, 0.15) is 30.0 Å². The summed E-state index contributed by atoms with van der Waals surface area (Å²) in [5.74, 6) is -0.209. The average Bonchev–Trinajstić information content (AvgIpc) is 2.57. The molecule has 0 aliphatic rings. The second-order valence-electron chi connectivity index (χ2n) is 6.06. The number of hydrogen-bond donors (Lipinski definition) is 1. The molecule has 0 unspecified atom stereocenters. The lowest BCUT2D eigenvalue weighted by Crippen LogP contribution is -2.33. The van der Waals surface area contributed by atoms with Gasteiger partial charge in [-0.2, -0.15) is 0 Å². The fraction of sp³-hybridized carbons (Fsp3) is 0.300. The molecule has 4 nitrogen and oxygen atoms in total. The third-order valence-corrected chi connectivity index (χ3v) is 4.55. The highest BCUT2D eigenvalue weighted by Crippen LogP contribution is 2.23. The first-order chi connectivity index (χ1) is 11.9. The van der Waals surface area contributed by atoms with Crippen LogP contribution >= 0.6 is 11.6 Å². The Hall–Kier alpha value is -2.33. The summed E-state index contributed by atoms with van der Waals surface area (Å²) in [7, 11) is 0. The molecule has 2 aromatic rings. The predicted octanol–water partition coefficient (Wildman–Crippen LogP) is 4.02. The first-order valence-electron chi connectivity index (χ1n) is 8.24. The molecule has 0 radical (unpaired) electrons. The summed E-state index contributed by atoms with van der Waals surface area (Å²) in [4.78, 5) is 25.6. The van der Waals surface area contributed by atoms with Gasteiger partial charge in [0.25, 0.3) is 0 Å². The highest BCUT2D eigenvalue weighted by Gasteiger charge is 2.14. The van der Waals surface area contributed by atoms with Crippen LogP contribution in [-0.2, 0) is 16.1 Å². The van der Waals surface area contributed by atoms with Crippen molar-refractivity contribution >= 4 is 29.1 Å². The summed E-state index contributed by atoms with van der Waals surface area (Å²) in [6.07, 6.45) is 0.233. The van der Waals surface area contributed by atoms with Gasteiger partial charge in [0.15, 0.2) is 0 Å². The zero-order chi connectivity index (χ0) is 18.4. The summed E-state index contributed by atoms with van der Waals surface area (Å²) in [6, 6.07) is 13.4. The van der Waals surface area contributed by atoms with Gasteiger partial charge in [-0.1, -0.05) is 41.9 Å². The topological polar surface area (TPSA) is 49.4 Å². The second kappa shape index (κ2) is 8.67. The van der Waals surface area contributed by atoms with E-state index in [1.165, 1.54) is 6.92 Å². The molecule has 0 saturated carbocycles. The molecule has 0 bridgehead atoms. The van der Waals surface area contributed by atoms with Crippen molar-refractivity contribution in [3.8, 4) is 0 Å². The van der Waals surface area contributed by atoms with Gasteiger partial charge >= 0.3 is 0 Å². The minimum Gasteiger partial charge on any atom is -0.352 e. The summed E-state index contributed by atoms with van der Waals surface area (Å²) < 4.78 is 0. The second-order valence-corrected chi connectivity index (χ2v) is 6.46. The summed E-state index contributed by atoms with van der Waals surface area (Å²) in [5.41, 5.74) is 3.88. The van der Waals surface area contributed by atoms with Gasteiger partial charge < -0.3 is 10.2 Å². The number of hydrogen-bond acceptors (Lipinski definition) is 2. The van der Waals surface area contributed by atoms with Crippen LogP contribution in [-0.4, -0.2) is 18.4 Å². The number of anilines is 1. The number of carbonyl (C=O) groups excluding carboxylic acids is 2. The van der Waals surface area contributed by atoms with Gasteiger partial charge in [-0.25, -0.2) is 0 Å². The van der Waals surface area contributed by atoms with Gasteiger partial charge in [0.05, 0.1) is 0 Å². The highest BCUT2D eigenvalue weighted by atomic mass is 35.5. The van der Waals surface area contributed by atoms with Crippen molar-refractivity contribution in [2.45, 2.75) is 33.7 Å². The van der Waals surface area contributed by atoms with E-state index >= 15 is 0 Å². The van der Waals surface area contributed by atoms with E-state index in [-0.39, 0.29) is 18.2 Å². The molecule has 0 aliphatic heterocycles. The third kappa shape index (κ3) is 5.33. The quantitative estimate of drug-likeness (QED) is 0.848. The van der Waals surface area contributed by atoms with E-state index in [4.69, 9.17) is 11.6 Å². The van der Waals surface area contributed by atoms with Crippen LogP contribution < -0.4 is 10.2 Å². The number of amides is 2. The number of nitrogens with zero attached hydrogens (tertiary/aromatic N) is 1. The number of halogens is 1. The van der Waals surface area contributed by atoms with Gasteiger partial charge in [0.2, 0.25) is 11.8 Å². The summed E-state index contributed by atoms with van der Waals surface area (Å²) in [5, 5.41) is 3.51. The number of carbonyl (C=O) groups is 2. The Labute approximate surface area is 153 Å². The van der Waals surface area contributed by atoms with Gasteiger partial charge in [-0.3, -0.25) is 9.59 Å². The van der Waals surface area contributed by atoms with E-state index in [1.807, 2.05) is 50.2 Å². The van der Waals surface area contributed by atoms with E-state index in [9.17, 15) is 9.59 Å². The normalized spacial score (nSPS) is 10.4.